The van der Waals surface area contributed by atoms with Crippen molar-refractivity contribution in [3.05, 3.63) is 52.3 Å². The summed E-state index contributed by atoms with van der Waals surface area (Å²) in [4.78, 5) is 11.0. The van der Waals surface area contributed by atoms with Gasteiger partial charge >= 0.3 is 6.09 Å². The topological polar surface area (TPSA) is 67.2 Å². The molecule has 5 nitrogen and oxygen atoms in total. The van der Waals surface area contributed by atoms with E-state index in [0.29, 0.717) is 4.47 Å². The van der Waals surface area contributed by atoms with Crippen molar-refractivity contribution >= 4 is 22.0 Å². The molecule has 8 heteroatoms. The molecule has 0 bridgehead atoms. The van der Waals surface area contributed by atoms with Gasteiger partial charge in [0.25, 0.3) is 0 Å². The monoisotopic (exact) mass is 359 g/mol. The quantitative estimate of drug-likeness (QED) is 0.881. The summed E-state index contributed by atoms with van der Waals surface area (Å²) >= 11 is 3.22. The van der Waals surface area contributed by atoms with E-state index in [1.54, 1.807) is 0 Å². The standard InChI is InChI=1S/C13H12BrF2N3O2/c1-13(18-12(20)21,7-19-6-9(15)5-17-19)10-4-8(14)2-3-11(10)16/h2-6,18H,7H2,1H3,(H,20,21)/t13-/m0/s1. The number of halogens is 3. The van der Waals surface area contributed by atoms with Crippen molar-refractivity contribution in [2.24, 2.45) is 0 Å². The Morgan fingerprint density at radius 3 is 2.81 bits per heavy atom. The molecular weight excluding hydrogens is 348 g/mol. The SMILES string of the molecule is C[C@@](Cn1cc(F)cn1)(NC(=O)O)c1cc(Br)ccc1F. The molecule has 1 aromatic heterocycles. The number of nitrogens with one attached hydrogen (secondary N) is 1. The van der Waals surface area contributed by atoms with E-state index in [9.17, 15) is 13.6 Å². The molecule has 1 aromatic carbocycles. The van der Waals surface area contributed by atoms with E-state index in [0.717, 1.165) is 12.4 Å². The Labute approximate surface area is 127 Å². The Balaban J connectivity index is 2.45. The van der Waals surface area contributed by atoms with Crippen molar-refractivity contribution in [2.45, 2.75) is 19.0 Å². The Hall–Kier alpha value is -1.96. The van der Waals surface area contributed by atoms with Gasteiger partial charge in [0.1, 0.15) is 5.82 Å². The first-order valence-corrected chi connectivity index (χ1v) is 6.74. The van der Waals surface area contributed by atoms with Crippen molar-refractivity contribution in [1.82, 2.24) is 15.1 Å². The molecule has 2 aromatic rings. The van der Waals surface area contributed by atoms with Gasteiger partial charge in [0, 0.05) is 10.0 Å². The van der Waals surface area contributed by atoms with Gasteiger partial charge in [-0.3, -0.25) is 4.68 Å². The number of nitrogens with zero attached hydrogens (tertiary/aromatic N) is 2. The van der Waals surface area contributed by atoms with Crippen molar-refractivity contribution in [1.29, 1.82) is 0 Å². The highest BCUT2D eigenvalue weighted by Gasteiger charge is 2.32. The number of carboxylic acid groups (broad SMARTS) is 1. The molecule has 0 spiro atoms. The maximum Gasteiger partial charge on any atom is 0.405 e. The normalized spacial score (nSPS) is 13.7. The summed E-state index contributed by atoms with van der Waals surface area (Å²) in [5.74, 6) is -1.12. The Morgan fingerprint density at radius 1 is 1.52 bits per heavy atom. The predicted octanol–water partition coefficient (Wildman–Crippen LogP) is 3.11. The van der Waals surface area contributed by atoms with Gasteiger partial charge < -0.3 is 10.4 Å². The van der Waals surface area contributed by atoms with Gasteiger partial charge in [0.05, 0.1) is 24.5 Å². The van der Waals surface area contributed by atoms with Crippen LogP contribution in [0.5, 0.6) is 0 Å². The molecule has 0 saturated carbocycles. The number of hydrogen-bond acceptors (Lipinski definition) is 2. The minimum atomic E-state index is -1.32. The zero-order chi connectivity index (χ0) is 15.6. The predicted molar refractivity (Wildman–Crippen MR) is 74.8 cm³/mol. The summed E-state index contributed by atoms with van der Waals surface area (Å²) in [6.45, 7) is 1.45. The number of carbonyl (C=O) groups is 1. The van der Waals surface area contributed by atoms with Gasteiger partial charge in [-0.2, -0.15) is 5.10 Å². The summed E-state index contributed by atoms with van der Waals surface area (Å²) in [5.41, 5.74) is -1.17. The third-order valence-corrected chi connectivity index (χ3v) is 3.48. The van der Waals surface area contributed by atoms with Crippen LogP contribution in [0, 0.1) is 11.6 Å². The zero-order valence-corrected chi connectivity index (χ0v) is 12.6. The summed E-state index contributed by atoms with van der Waals surface area (Å²) in [6, 6.07) is 4.21. The highest BCUT2D eigenvalue weighted by Crippen LogP contribution is 2.28. The first-order chi connectivity index (χ1) is 9.80. The van der Waals surface area contributed by atoms with Crippen molar-refractivity contribution in [3.63, 3.8) is 0 Å². The first-order valence-electron chi connectivity index (χ1n) is 5.95. The van der Waals surface area contributed by atoms with E-state index in [4.69, 9.17) is 5.11 Å². The molecule has 21 heavy (non-hydrogen) atoms. The molecule has 1 amide bonds. The zero-order valence-electron chi connectivity index (χ0n) is 11.0. The lowest BCUT2D eigenvalue weighted by Gasteiger charge is -2.30. The van der Waals surface area contributed by atoms with Gasteiger partial charge in [0.15, 0.2) is 5.82 Å². The van der Waals surface area contributed by atoms with Crippen molar-refractivity contribution < 1.29 is 18.7 Å². The molecule has 112 valence electrons. The maximum absolute atomic E-state index is 14.1. The Bertz CT molecular complexity index is 677. The highest BCUT2D eigenvalue weighted by atomic mass is 79.9. The molecule has 0 aliphatic rings. The van der Waals surface area contributed by atoms with E-state index in [1.165, 1.54) is 29.8 Å². The summed E-state index contributed by atoms with van der Waals surface area (Å²) in [6.07, 6.45) is 0.792. The lowest BCUT2D eigenvalue weighted by atomic mass is 9.91. The maximum atomic E-state index is 14.1. The second kappa shape index (κ2) is 5.80. The molecule has 0 aliphatic heterocycles. The number of aromatic nitrogens is 2. The van der Waals surface area contributed by atoms with Crippen LogP contribution in [-0.2, 0) is 12.1 Å². The molecular formula is C13H12BrF2N3O2. The molecule has 0 radical (unpaired) electrons. The molecule has 0 saturated heterocycles. The fraction of sp³-hybridized carbons (Fsp3) is 0.231. The lowest BCUT2D eigenvalue weighted by molar-refractivity contribution is 0.173. The van der Waals surface area contributed by atoms with Crippen LogP contribution in [0.4, 0.5) is 13.6 Å². The van der Waals surface area contributed by atoms with E-state index < -0.39 is 23.3 Å². The number of benzene rings is 1. The summed E-state index contributed by atoms with van der Waals surface area (Å²) < 4.78 is 28.9. The van der Waals surface area contributed by atoms with Crippen LogP contribution in [0.3, 0.4) is 0 Å². The summed E-state index contributed by atoms with van der Waals surface area (Å²) in [7, 11) is 0. The number of amides is 1. The average Bonchev–Trinajstić information content (AvgIpc) is 2.76. The Morgan fingerprint density at radius 2 is 2.24 bits per heavy atom. The van der Waals surface area contributed by atoms with Crippen LogP contribution >= 0.6 is 15.9 Å². The molecule has 0 unspecified atom stereocenters. The average molecular weight is 360 g/mol. The number of rotatable bonds is 4. The van der Waals surface area contributed by atoms with Gasteiger partial charge in [-0.15, -0.1) is 0 Å². The van der Waals surface area contributed by atoms with Gasteiger partial charge in [-0.05, 0) is 25.1 Å². The third kappa shape index (κ3) is 3.57. The molecule has 2 rings (SSSR count). The molecule has 0 aliphatic carbocycles. The fourth-order valence-electron chi connectivity index (χ4n) is 2.10. The molecule has 1 heterocycles. The summed E-state index contributed by atoms with van der Waals surface area (Å²) in [5, 5.41) is 15.0. The minimum absolute atomic E-state index is 0.0589. The van der Waals surface area contributed by atoms with Crippen LogP contribution < -0.4 is 5.32 Å². The smallest absolute Gasteiger partial charge is 0.405 e. The largest absolute Gasteiger partial charge is 0.465 e. The molecule has 0 fully saturated rings. The number of hydrogen-bond donors (Lipinski definition) is 2. The van der Waals surface area contributed by atoms with Crippen LogP contribution in [0.25, 0.3) is 0 Å². The Kier molecular flexibility index (Phi) is 4.26. The van der Waals surface area contributed by atoms with E-state index >= 15 is 0 Å². The van der Waals surface area contributed by atoms with Crippen LogP contribution in [0.2, 0.25) is 0 Å². The van der Waals surface area contributed by atoms with Crippen molar-refractivity contribution in [2.75, 3.05) is 0 Å². The van der Waals surface area contributed by atoms with Gasteiger partial charge in [-0.25, -0.2) is 13.6 Å². The van der Waals surface area contributed by atoms with Crippen molar-refractivity contribution in [3.8, 4) is 0 Å². The van der Waals surface area contributed by atoms with E-state index in [1.807, 2.05) is 0 Å². The molecule has 2 N–H and O–H groups in total. The molecule has 1 atom stereocenters. The van der Waals surface area contributed by atoms with E-state index in [-0.39, 0.29) is 12.1 Å². The fourth-order valence-corrected chi connectivity index (χ4v) is 2.46. The van der Waals surface area contributed by atoms with Crippen LogP contribution in [0.15, 0.2) is 35.1 Å². The lowest BCUT2D eigenvalue weighted by Crippen LogP contribution is -2.46. The van der Waals surface area contributed by atoms with Gasteiger partial charge in [-0.1, -0.05) is 15.9 Å². The minimum Gasteiger partial charge on any atom is -0.465 e. The third-order valence-electron chi connectivity index (χ3n) is 2.99. The van der Waals surface area contributed by atoms with Gasteiger partial charge in [0.2, 0.25) is 0 Å². The van der Waals surface area contributed by atoms with Crippen LogP contribution in [0.1, 0.15) is 12.5 Å². The first kappa shape index (κ1) is 15.4. The highest BCUT2D eigenvalue weighted by molar-refractivity contribution is 9.10. The van der Waals surface area contributed by atoms with Crippen LogP contribution in [-0.4, -0.2) is 21.0 Å². The second-order valence-electron chi connectivity index (χ2n) is 4.74. The van der Waals surface area contributed by atoms with E-state index in [2.05, 4.69) is 26.3 Å². The second-order valence-corrected chi connectivity index (χ2v) is 5.66.